The fourth-order valence-corrected chi connectivity index (χ4v) is 5.13. The second kappa shape index (κ2) is 7.40. The maximum Gasteiger partial charge on any atom is 0.404 e. The lowest BCUT2D eigenvalue weighted by Crippen LogP contribution is -2.45. The molecule has 5 rings (SSSR count). The number of pyridine rings is 1. The van der Waals surface area contributed by atoms with Crippen LogP contribution < -0.4 is 5.32 Å². The standard InChI is InChI=1S/C19H19F3N6OS/c20-19(21,22)18(17-26-16(27-29-17)13-3-1-2-6-24-13)5-8-28(11-18)10-15-25-12-4-7-23-9-14(12)30-15/h1-3,6,23H,4-5,7-11H2. The van der Waals surface area contributed by atoms with E-state index in [9.17, 15) is 13.2 Å². The van der Waals surface area contributed by atoms with Crippen molar-refractivity contribution in [3.63, 3.8) is 0 Å². The van der Waals surface area contributed by atoms with Crippen LogP contribution in [0.1, 0.15) is 27.9 Å². The summed E-state index contributed by atoms with van der Waals surface area (Å²) in [5.41, 5.74) is -0.751. The number of aromatic nitrogens is 4. The number of nitrogens with one attached hydrogen (secondary N) is 1. The Balaban J connectivity index is 1.39. The van der Waals surface area contributed by atoms with Crippen LogP contribution in [0.2, 0.25) is 0 Å². The lowest BCUT2D eigenvalue weighted by molar-refractivity contribution is -0.193. The third-order valence-corrected chi connectivity index (χ3v) is 6.71. The highest BCUT2D eigenvalue weighted by Crippen LogP contribution is 2.47. The summed E-state index contributed by atoms with van der Waals surface area (Å²) in [5, 5.41) is 7.90. The molecule has 0 aromatic carbocycles. The van der Waals surface area contributed by atoms with E-state index < -0.39 is 17.5 Å². The van der Waals surface area contributed by atoms with Gasteiger partial charge >= 0.3 is 6.18 Å². The van der Waals surface area contributed by atoms with Crippen molar-refractivity contribution in [2.45, 2.75) is 37.5 Å². The van der Waals surface area contributed by atoms with E-state index >= 15 is 0 Å². The van der Waals surface area contributed by atoms with Crippen LogP contribution in [0.25, 0.3) is 11.5 Å². The summed E-state index contributed by atoms with van der Waals surface area (Å²) in [7, 11) is 0. The molecule has 11 heteroatoms. The molecular weight excluding hydrogens is 417 g/mol. The molecule has 0 aliphatic carbocycles. The molecule has 0 spiro atoms. The first-order valence-corrected chi connectivity index (χ1v) is 10.5. The molecule has 3 aromatic rings. The Kier molecular flexibility index (Phi) is 4.83. The Morgan fingerprint density at radius 2 is 2.17 bits per heavy atom. The molecule has 0 radical (unpaired) electrons. The van der Waals surface area contributed by atoms with Crippen LogP contribution >= 0.6 is 11.3 Å². The molecule has 7 nitrogen and oxygen atoms in total. The maximum atomic E-state index is 14.2. The number of alkyl halides is 3. The lowest BCUT2D eigenvalue weighted by atomic mass is 9.86. The Morgan fingerprint density at radius 1 is 1.27 bits per heavy atom. The number of fused-ring (bicyclic) bond motifs is 1. The van der Waals surface area contributed by atoms with Gasteiger partial charge in [-0.05, 0) is 18.6 Å². The van der Waals surface area contributed by atoms with Crippen LogP contribution in [0, 0.1) is 0 Å². The minimum absolute atomic E-state index is 0.0628. The largest absolute Gasteiger partial charge is 0.404 e. The molecule has 1 fully saturated rings. The molecule has 3 aromatic heterocycles. The highest BCUT2D eigenvalue weighted by atomic mass is 32.1. The van der Waals surface area contributed by atoms with Gasteiger partial charge in [0.15, 0.2) is 5.41 Å². The highest BCUT2D eigenvalue weighted by Gasteiger charge is 2.62. The maximum absolute atomic E-state index is 14.2. The number of thiazole rings is 1. The monoisotopic (exact) mass is 436 g/mol. The van der Waals surface area contributed by atoms with Crippen molar-refractivity contribution in [1.29, 1.82) is 0 Å². The Morgan fingerprint density at radius 3 is 2.93 bits per heavy atom. The minimum atomic E-state index is -4.51. The zero-order valence-corrected chi connectivity index (χ0v) is 16.8. The van der Waals surface area contributed by atoms with E-state index in [0.29, 0.717) is 12.2 Å². The van der Waals surface area contributed by atoms with Crippen molar-refractivity contribution in [2.75, 3.05) is 19.6 Å². The quantitative estimate of drug-likeness (QED) is 0.674. The topological polar surface area (TPSA) is 80.0 Å². The van der Waals surface area contributed by atoms with Gasteiger partial charge in [-0.2, -0.15) is 18.2 Å². The van der Waals surface area contributed by atoms with Gasteiger partial charge in [-0.25, -0.2) is 4.98 Å². The van der Waals surface area contributed by atoms with Gasteiger partial charge in [-0.15, -0.1) is 11.3 Å². The summed E-state index contributed by atoms with van der Waals surface area (Å²) in [6, 6.07) is 5.07. The Labute approximate surface area is 174 Å². The van der Waals surface area contributed by atoms with Crippen molar-refractivity contribution >= 4 is 11.3 Å². The molecule has 1 atom stereocenters. The molecule has 2 aliphatic heterocycles. The van der Waals surface area contributed by atoms with Crippen LogP contribution in [-0.4, -0.2) is 50.8 Å². The van der Waals surface area contributed by atoms with Gasteiger partial charge in [-0.1, -0.05) is 11.2 Å². The molecule has 1 unspecified atom stereocenters. The molecule has 30 heavy (non-hydrogen) atoms. The van der Waals surface area contributed by atoms with E-state index in [0.717, 1.165) is 30.2 Å². The van der Waals surface area contributed by atoms with E-state index in [-0.39, 0.29) is 25.3 Å². The summed E-state index contributed by atoms with van der Waals surface area (Å²) in [5.74, 6) is -0.339. The van der Waals surface area contributed by atoms with E-state index in [1.54, 1.807) is 34.4 Å². The molecule has 2 aliphatic rings. The van der Waals surface area contributed by atoms with Gasteiger partial charge < -0.3 is 9.84 Å². The summed E-state index contributed by atoms with van der Waals surface area (Å²) in [4.78, 5) is 15.8. The van der Waals surface area contributed by atoms with Crippen LogP contribution in [0.3, 0.4) is 0 Å². The summed E-state index contributed by atoms with van der Waals surface area (Å²) < 4.78 is 47.8. The number of rotatable bonds is 4. The van der Waals surface area contributed by atoms with Gasteiger partial charge in [0, 0.05) is 43.7 Å². The number of nitrogens with zero attached hydrogens (tertiary/aromatic N) is 5. The number of hydrogen-bond donors (Lipinski definition) is 1. The van der Waals surface area contributed by atoms with Crippen molar-refractivity contribution in [3.05, 3.63) is 45.9 Å². The lowest BCUT2D eigenvalue weighted by Gasteiger charge is -2.27. The first-order chi connectivity index (χ1) is 14.4. The second-order valence-corrected chi connectivity index (χ2v) is 8.75. The highest BCUT2D eigenvalue weighted by molar-refractivity contribution is 7.11. The molecule has 0 bridgehead atoms. The first-order valence-electron chi connectivity index (χ1n) is 9.67. The van der Waals surface area contributed by atoms with Gasteiger partial charge in [0.05, 0.1) is 12.2 Å². The molecule has 0 saturated carbocycles. The van der Waals surface area contributed by atoms with Crippen LogP contribution in [0.15, 0.2) is 28.9 Å². The first kappa shape index (κ1) is 19.6. The van der Waals surface area contributed by atoms with Crippen molar-refractivity contribution in [3.8, 4) is 11.5 Å². The molecule has 158 valence electrons. The minimum Gasteiger partial charge on any atom is -0.338 e. The Bertz CT molecular complexity index is 1010. The summed E-state index contributed by atoms with van der Waals surface area (Å²) in [6.45, 7) is 2.09. The smallest absolute Gasteiger partial charge is 0.338 e. The van der Waals surface area contributed by atoms with Crippen LogP contribution in [0.4, 0.5) is 13.2 Å². The van der Waals surface area contributed by atoms with E-state index in [1.807, 2.05) is 0 Å². The summed E-state index contributed by atoms with van der Waals surface area (Å²) >= 11 is 1.57. The van der Waals surface area contributed by atoms with Crippen LogP contribution in [-0.2, 0) is 24.9 Å². The number of halogens is 3. The average Bonchev–Trinajstić information content (AvgIpc) is 3.46. The SMILES string of the molecule is FC(F)(F)C1(c2nc(-c3ccccn3)no2)CCN(Cc2nc3c(s2)CNCC3)C1. The second-order valence-electron chi connectivity index (χ2n) is 7.58. The average molecular weight is 436 g/mol. The molecular formula is C19H19F3N6OS. The zero-order valence-electron chi connectivity index (χ0n) is 15.9. The van der Waals surface area contributed by atoms with Crippen molar-refractivity contribution in [1.82, 2.24) is 30.3 Å². The molecule has 5 heterocycles. The van der Waals surface area contributed by atoms with Crippen molar-refractivity contribution < 1.29 is 17.7 Å². The molecule has 1 N–H and O–H groups in total. The predicted molar refractivity (Wildman–Crippen MR) is 103 cm³/mol. The normalized spacial score (nSPS) is 22.4. The fourth-order valence-electron chi connectivity index (χ4n) is 4.01. The number of hydrogen-bond acceptors (Lipinski definition) is 8. The molecule has 0 amide bonds. The van der Waals surface area contributed by atoms with Gasteiger partial charge in [-0.3, -0.25) is 9.88 Å². The van der Waals surface area contributed by atoms with E-state index in [2.05, 4.69) is 25.4 Å². The van der Waals surface area contributed by atoms with Gasteiger partial charge in [0.1, 0.15) is 10.7 Å². The summed E-state index contributed by atoms with van der Waals surface area (Å²) in [6.07, 6.45) is -2.25. The predicted octanol–water partition coefficient (Wildman–Crippen LogP) is 2.94. The van der Waals surface area contributed by atoms with Gasteiger partial charge in [0.2, 0.25) is 11.7 Å². The van der Waals surface area contributed by atoms with Gasteiger partial charge in [0.25, 0.3) is 0 Å². The molecule has 1 saturated heterocycles. The Hall–Kier alpha value is -2.37. The van der Waals surface area contributed by atoms with E-state index in [1.165, 1.54) is 11.1 Å². The van der Waals surface area contributed by atoms with Crippen LogP contribution in [0.5, 0.6) is 0 Å². The van der Waals surface area contributed by atoms with E-state index in [4.69, 9.17) is 4.52 Å². The fraction of sp³-hybridized carbons (Fsp3) is 0.474. The van der Waals surface area contributed by atoms with Crippen molar-refractivity contribution in [2.24, 2.45) is 0 Å². The number of likely N-dealkylation sites (tertiary alicyclic amines) is 1. The zero-order chi connectivity index (χ0) is 20.8. The third kappa shape index (κ3) is 3.40. The third-order valence-electron chi connectivity index (χ3n) is 5.63.